The second-order valence-electron chi connectivity index (χ2n) is 6.85. The quantitative estimate of drug-likeness (QED) is 0.528. The van der Waals surface area contributed by atoms with E-state index in [2.05, 4.69) is 26.2 Å². The van der Waals surface area contributed by atoms with Gasteiger partial charge in [0.2, 0.25) is 17.7 Å². The van der Waals surface area contributed by atoms with Crippen molar-refractivity contribution in [2.45, 2.75) is 12.8 Å². The van der Waals surface area contributed by atoms with Crippen LogP contribution in [0.3, 0.4) is 0 Å². The van der Waals surface area contributed by atoms with Gasteiger partial charge in [-0.25, -0.2) is 4.98 Å². The van der Waals surface area contributed by atoms with Crippen LogP contribution in [0.15, 0.2) is 40.2 Å². The van der Waals surface area contributed by atoms with Crippen LogP contribution in [0.25, 0.3) is 11.3 Å². The van der Waals surface area contributed by atoms with E-state index >= 15 is 0 Å². The molecule has 2 aromatic rings. The molecule has 9 heteroatoms. The van der Waals surface area contributed by atoms with Gasteiger partial charge in [-0.15, -0.1) is 11.3 Å². The average Bonchev–Trinajstić information content (AvgIpc) is 3.27. The summed E-state index contributed by atoms with van der Waals surface area (Å²) in [5.41, 5.74) is 1.58. The average molecular weight is 476 g/mol. The Bertz CT molecular complexity index is 993. The minimum absolute atomic E-state index is 0.262. The highest BCUT2D eigenvalue weighted by molar-refractivity contribution is 9.10. The fourth-order valence-corrected chi connectivity index (χ4v) is 4.89. The number of likely N-dealkylation sites (tertiary alicyclic amines) is 1. The number of hydrogen-bond donors (Lipinski definition) is 1. The number of rotatable bonds is 5. The standard InChI is InChI=1S/C20H18BrN3O4S/c1-28-16-7-6-11(8-14(16)21)15-10-29-20(22-15)23-17(25)9-24-18(26)12-4-2-3-5-13(12)19(24)27/h2-3,6-8,10,12-13H,4-5,9H2,1H3,(H,22,23,25)/t12-,13-/m1/s1. The number of imide groups is 1. The van der Waals surface area contributed by atoms with Gasteiger partial charge >= 0.3 is 0 Å². The van der Waals surface area contributed by atoms with Gasteiger partial charge in [-0.3, -0.25) is 19.3 Å². The van der Waals surface area contributed by atoms with Crippen molar-refractivity contribution in [2.24, 2.45) is 11.8 Å². The number of ether oxygens (including phenoxy) is 1. The van der Waals surface area contributed by atoms with E-state index in [-0.39, 0.29) is 30.2 Å². The van der Waals surface area contributed by atoms with E-state index in [4.69, 9.17) is 4.74 Å². The summed E-state index contributed by atoms with van der Waals surface area (Å²) in [5.74, 6) is -0.909. The van der Waals surface area contributed by atoms with Gasteiger partial charge < -0.3 is 10.1 Å². The molecule has 1 aliphatic heterocycles. The van der Waals surface area contributed by atoms with Crippen LogP contribution in [0.1, 0.15) is 12.8 Å². The molecule has 4 rings (SSSR count). The number of benzene rings is 1. The number of nitrogens with zero attached hydrogens (tertiary/aromatic N) is 2. The molecule has 1 fully saturated rings. The highest BCUT2D eigenvalue weighted by Gasteiger charge is 2.47. The summed E-state index contributed by atoms with van der Waals surface area (Å²) in [7, 11) is 1.59. The number of carbonyl (C=O) groups is 3. The van der Waals surface area contributed by atoms with Crippen molar-refractivity contribution >= 4 is 50.1 Å². The molecule has 2 aliphatic rings. The number of aromatic nitrogens is 1. The van der Waals surface area contributed by atoms with E-state index in [1.807, 2.05) is 35.7 Å². The van der Waals surface area contributed by atoms with Gasteiger partial charge in [0.05, 0.1) is 29.1 Å². The molecule has 1 aliphatic carbocycles. The van der Waals surface area contributed by atoms with Crippen molar-refractivity contribution in [3.05, 3.63) is 40.2 Å². The highest BCUT2D eigenvalue weighted by Crippen LogP contribution is 2.35. The van der Waals surface area contributed by atoms with Gasteiger partial charge in [0.1, 0.15) is 12.3 Å². The lowest BCUT2D eigenvalue weighted by Gasteiger charge is -2.14. The zero-order chi connectivity index (χ0) is 20.5. The molecule has 2 heterocycles. The number of nitrogens with one attached hydrogen (secondary N) is 1. The number of fused-ring (bicyclic) bond motifs is 1. The van der Waals surface area contributed by atoms with Gasteiger partial charge in [0, 0.05) is 10.9 Å². The molecule has 0 bridgehead atoms. The van der Waals surface area contributed by atoms with Gasteiger partial charge in [0.25, 0.3) is 0 Å². The Morgan fingerprint density at radius 1 is 1.28 bits per heavy atom. The number of carbonyl (C=O) groups excluding carboxylic acids is 3. The molecule has 0 saturated carbocycles. The van der Waals surface area contributed by atoms with Crippen LogP contribution < -0.4 is 10.1 Å². The van der Waals surface area contributed by atoms with Crippen LogP contribution in [0, 0.1) is 11.8 Å². The van der Waals surface area contributed by atoms with Crippen molar-refractivity contribution in [1.29, 1.82) is 0 Å². The van der Waals surface area contributed by atoms with Crippen molar-refractivity contribution < 1.29 is 19.1 Å². The molecule has 3 amide bonds. The smallest absolute Gasteiger partial charge is 0.246 e. The van der Waals surface area contributed by atoms with Crippen LogP contribution in [-0.4, -0.2) is 41.3 Å². The minimum atomic E-state index is -0.435. The summed E-state index contributed by atoms with van der Waals surface area (Å²) in [5, 5.41) is 4.93. The predicted molar refractivity (Wildman–Crippen MR) is 113 cm³/mol. The first kappa shape index (κ1) is 19.8. The monoisotopic (exact) mass is 475 g/mol. The molecule has 150 valence electrons. The van der Waals surface area contributed by atoms with E-state index in [1.54, 1.807) is 7.11 Å². The van der Waals surface area contributed by atoms with E-state index in [0.29, 0.717) is 29.4 Å². The number of allylic oxidation sites excluding steroid dienone is 2. The Hall–Kier alpha value is -2.52. The largest absolute Gasteiger partial charge is 0.496 e. The van der Waals surface area contributed by atoms with Crippen LogP contribution in [0.2, 0.25) is 0 Å². The summed E-state index contributed by atoms with van der Waals surface area (Å²) < 4.78 is 6.03. The SMILES string of the molecule is COc1ccc(-c2csc(NC(=O)CN3C(=O)[C@@H]4CC=CC[C@H]4C3=O)n2)cc1Br. The second kappa shape index (κ2) is 8.08. The normalized spacial score (nSPS) is 20.7. The van der Waals surface area contributed by atoms with Crippen LogP contribution in [0.5, 0.6) is 5.75 Å². The molecule has 1 N–H and O–H groups in total. The van der Waals surface area contributed by atoms with E-state index < -0.39 is 5.91 Å². The molecular formula is C20H18BrN3O4S. The van der Waals surface area contributed by atoms with Gasteiger partial charge in [-0.05, 0) is 47.0 Å². The Kier molecular flexibility index (Phi) is 5.51. The lowest BCUT2D eigenvalue weighted by molar-refractivity contribution is -0.142. The maximum Gasteiger partial charge on any atom is 0.246 e. The van der Waals surface area contributed by atoms with Crippen molar-refractivity contribution in [3.8, 4) is 17.0 Å². The first-order valence-corrected chi connectivity index (χ1v) is 10.7. The van der Waals surface area contributed by atoms with Gasteiger partial charge in [-0.1, -0.05) is 12.2 Å². The fourth-order valence-electron chi connectivity index (χ4n) is 3.62. The third kappa shape index (κ3) is 3.84. The predicted octanol–water partition coefficient (Wildman–Crippen LogP) is 3.47. The molecule has 2 atom stereocenters. The van der Waals surface area contributed by atoms with Gasteiger partial charge in [0.15, 0.2) is 5.13 Å². The molecule has 0 spiro atoms. The first-order valence-electron chi connectivity index (χ1n) is 9.07. The summed E-state index contributed by atoms with van der Waals surface area (Å²) in [4.78, 5) is 42.9. The number of hydrogen-bond acceptors (Lipinski definition) is 6. The third-order valence-electron chi connectivity index (χ3n) is 5.10. The molecule has 0 unspecified atom stereocenters. The topological polar surface area (TPSA) is 88.6 Å². The van der Waals surface area contributed by atoms with Crippen LogP contribution >= 0.6 is 27.3 Å². The molecule has 1 aromatic carbocycles. The lowest BCUT2D eigenvalue weighted by atomic mass is 9.85. The lowest BCUT2D eigenvalue weighted by Crippen LogP contribution is -2.38. The molecule has 7 nitrogen and oxygen atoms in total. The van der Waals surface area contributed by atoms with Crippen LogP contribution in [0.4, 0.5) is 5.13 Å². The maximum absolute atomic E-state index is 12.5. The van der Waals surface area contributed by atoms with Gasteiger partial charge in [-0.2, -0.15) is 0 Å². The zero-order valence-corrected chi connectivity index (χ0v) is 18.0. The first-order chi connectivity index (χ1) is 14.0. The summed E-state index contributed by atoms with van der Waals surface area (Å²) >= 11 is 4.72. The third-order valence-corrected chi connectivity index (χ3v) is 6.48. The number of methoxy groups -OCH3 is 1. The zero-order valence-electron chi connectivity index (χ0n) is 15.6. The number of amides is 3. The molecular weight excluding hydrogens is 458 g/mol. The summed E-state index contributed by atoms with van der Waals surface area (Å²) in [6.45, 7) is -0.284. The van der Waals surface area contributed by atoms with E-state index in [0.717, 1.165) is 14.9 Å². The number of halogens is 1. The second-order valence-corrected chi connectivity index (χ2v) is 8.57. The minimum Gasteiger partial charge on any atom is -0.496 e. The molecule has 1 saturated heterocycles. The maximum atomic E-state index is 12.5. The highest BCUT2D eigenvalue weighted by atomic mass is 79.9. The Morgan fingerprint density at radius 2 is 1.97 bits per heavy atom. The Morgan fingerprint density at radius 3 is 2.59 bits per heavy atom. The summed E-state index contributed by atoms with van der Waals surface area (Å²) in [6.07, 6.45) is 4.95. The number of anilines is 1. The number of thiazole rings is 1. The molecule has 29 heavy (non-hydrogen) atoms. The van der Waals surface area contributed by atoms with Crippen molar-refractivity contribution in [2.75, 3.05) is 19.0 Å². The molecule has 0 radical (unpaired) electrons. The summed E-state index contributed by atoms with van der Waals surface area (Å²) in [6, 6.07) is 5.59. The van der Waals surface area contributed by atoms with Crippen molar-refractivity contribution in [1.82, 2.24) is 9.88 Å². The Balaban J connectivity index is 1.41. The molecule has 1 aromatic heterocycles. The van der Waals surface area contributed by atoms with Crippen LogP contribution in [-0.2, 0) is 14.4 Å². The fraction of sp³-hybridized carbons (Fsp3) is 0.300. The van der Waals surface area contributed by atoms with Crippen molar-refractivity contribution in [3.63, 3.8) is 0 Å². The Labute approximate surface area is 179 Å². The van der Waals surface area contributed by atoms with E-state index in [9.17, 15) is 14.4 Å². The van der Waals surface area contributed by atoms with E-state index in [1.165, 1.54) is 11.3 Å².